The molecule has 1 heterocycles. The first-order valence-corrected chi connectivity index (χ1v) is 7.25. The van der Waals surface area contributed by atoms with Gasteiger partial charge in [-0.1, -0.05) is 26.7 Å². The van der Waals surface area contributed by atoms with Gasteiger partial charge in [0.25, 0.3) is 0 Å². The summed E-state index contributed by atoms with van der Waals surface area (Å²) in [5.74, 6) is -0.0481. The van der Waals surface area contributed by atoms with Crippen LogP contribution in [-0.2, 0) is 9.53 Å². The Morgan fingerprint density at radius 1 is 1.22 bits per heavy atom. The SMILES string of the molecule is CCCC(CCC)(C(=O)OC)N1CCCNCC1. The monoisotopic (exact) mass is 256 g/mol. The van der Waals surface area contributed by atoms with E-state index in [0.29, 0.717) is 0 Å². The van der Waals surface area contributed by atoms with Crippen LogP contribution in [0.4, 0.5) is 0 Å². The third-order valence-electron chi connectivity index (χ3n) is 3.84. The van der Waals surface area contributed by atoms with E-state index in [2.05, 4.69) is 24.1 Å². The number of ether oxygens (including phenoxy) is 1. The molecule has 1 fully saturated rings. The number of esters is 1. The van der Waals surface area contributed by atoms with Gasteiger partial charge in [-0.3, -0.25) is 9.69 Å². The molecule has 4 heteroatoms. The highest BCUT2D eigenvalue weighted by Crippen LogP contribution is 2.29. The van der Waals surface area contributed by atoms with Gasteiger partial charge < -0.3 is 10.1 Å². The minimum atomic E-state index is -0.399. The van der Waals surface area contributed by atoms with Crippen LogP contribution in [0.5, 0.6) is 0 Å². The van der Waals surface area contributed by atoms with Crippen LogP contribution in [0.25, 0.3) is 0 Å². The lowest BCUT2D eigenvalue weighted by Crippen LogP contribution is -2.56. The van der Waals surface area contributed by atoms with Gasteiger partial charge in [-0.15, -0.1) is 0 Å². The summed E-state index contributed by atoms with van der Waals surface area (Å²) >= 11 is 0. The molecule has 0 aliphatic carbocycles. The van der Waals surface area contributed by atoms with Crippen molar-refractivity contribution >= 4 is 5.97 Å². The van der Waals surface area contributed by atoms with E-state index in [4.69, 9.17) is 4.74 Å². The zero-order valence-corrected chi connectivity index (χ0v) is 12.1. The molecule has 1 saturated heterocycles. The molecular weight excluding hydrogens is 228 g/mol. The topological polar surface area (TPSA) is 41.6 Å². The van der Waals surface area contributed by atoms with Crippen molar-refractivity contribution in [2.24, 2.45) is 0 Å². The fraction of sp³-hybridized carbons (Fsp3) is 0.929. The number of nitrogens with one attached hydrogen (secondary N) is 1. The Bertz CT molecular complexity index is 242. The predicted octanol–water partition coefficient (Wildman–Crippen LogP) is 1.79. The number of hydrogen-bond donors (Lipinski definition) is 1. The molecule has 0 saturated carbocycles. The average Bonchev–Trinajstić information content (AvgIpc) is 2.66. The largest absolute Gasteiger partial charge is 0.468 e. The van der Waals surface area contributed by atoms with Gasteiger partial charge in [0, 0.05) is 19.6 Å². The van der Waals surface area contributed by atoms with Gasteiger partial charge >= 0.3 is 5.97 Å². The van der Waals surface area contributed by atoms with Crippen molar-refractivity contribution in [3.05, 3.63) is 0 Å². The van der Waals surface area contributed by atoms with Gasteiger partial charge in [0.2, 0.25) is 0 Å². The van der Waals surface area contributed by atoms with Crippen molar-refractivity contribution in [2.45, 2.75) is 51.5 Å². The van der Waals surface area contributed by atoms with Crippen LogP contribution in [-0.4, -0.2) is 49.7 Å². The van der Waals surface area contributed by atoms with Gasteiger partial charge in [-0.05, 0) is 25.8 Å². The maximum Gasteiger partial charge on any atom is 0.326 e. The summed E-state index contributed by atoms with van der Waals surface area (Å²) in [5.41, 5.74) is -0.399. The standard InChI is InChI=1S/C14H28N2O2/c1-4-7-14(8-5-2,13(17)18-3)16-11-6-9-15-10-12-16/h15H,4-12H2,1-3H3. The van der Waals surface area contributed by atoms with E-state index in [9.17, 15) is 4.79 Å². The molecule has 0 atom stereocenters. The Labute approximate surface area is 111 Å². The van der Waals surface area contributed by atoms with Gasteiger partial charge in [-0.2, -0.15) is 0 Å². The second-order valence-electron chi connectivity index (χ2n) is 5.11. The lowest BCUT2D eigenvalue weighted by Gasteiger charge is -2.41. The summed E-state index contributed by atoms with van der Waals surface area (Å²) in [6.45, 7) is 8.22. The number of hydrogen-bond acceptors (Lipinski definition) is 4. The van der Waals surface area contributed by atoms with E-state index in [-0.39, 0.29) is 5.97 Å². The number of nitrogens with zero attached hydrogens (tertiary/aromatic N) is 1. The van der Waals surface area contributed by atoms with Crippen LogP contribution in [0.15, 0.2) is 0 Å². The Kier molecular flexibility index (Phi) is 6.65. The van der Waals surface area contributed by atoms with E-state index in [1.54, 1.807) is 0 Å². The first-order valence-electron chi connectivity index (χ1n) is 7.25. The normalized spacial score (nSPS) is 18.4. The Morgan fingerprint density at radius 2 is 1.89 bits per heavy atom. The molecule has 0 bridgehead atoms. The molecule has 1 rings (SSSR count). The van der Waals surface area contributed by atoms with Gasteiger partial charge in [0.05, 0.1) is 7.11 Å². The van der Waals surface area contributed by atoms with E-state index >= 15 is 0 Å². The van der Waals surface area contributed by atoms with Crippen LogP contribution in [0.1, 0.15) is 46.0 Å². The molecular formula is C14H28N2O2. The van der Waals surface area contributed by atoms with Gasteiger partial charge in [0.1, 0.15) is 5.54 Å². The summed E-state index contributed by atoms with van der Waals surface area (Å²) in [4.78, 5) is 14.7. The Balaban J connectivity index is 2.93. The smallest absolute Gasteiger partial charge is 0.326 e. The molecule has 1 aliphatic rings. The summed E-state index contributed by atoms with van der Waals surface area (Å²) < 4.78 is 5.11. The Morgan fingerprint density at radius 3 is 2.44 bits per heavy atom. The maximum atomic E-state index is 12.3. The van der Waals surface area contributed by atoms with Crippen LogP contribution >= 0.6 is 0 Å². The summed E-state index contributed by atoms with van der Waals surface area (Å²) in [6.07, 6.45) is 4.92. The molecule has 0 radical (unpaired) electrons. The molecule has 1 aliphatic heterocycles. The highest BCUT2D eigenvalue weighted by molar-refractivity contribution is 5.80. The maximum absolute atomic E-state index is 12.3. The van der Waals surface area contributed by atoms with Gasteiger partial charge in [-0.25, -0.2) is 0 Å². The van der Waals surface area contributed by atoms with Crippen molar-refractivity contribution in [1.29, 1.82) is 0 Å². The number of methoxy groups -OCH3 is 1. The molecule has 4 nitrogen and oxygen atoms in total. The summed E-state index contributed by atoms with van der Waals surface area (Å²) in [6, 6.07) is 0. The molecule has 0 aromatic carbocycles. The fourth-order valence-electron chi connectivity index (χ4n) is 3.07. The van der Waals surface area contributed by atoms with E-state index in [0.717, 1.165) is 58.3 Å². The van der Waals surface area contributed by atoms with E-state index in [1.165, 1.54) is 7.11 Å². The lowest BCUT2D eigenvalue weighted by molar-refractivity contribution is -0.157. The van der Waals surface area contributed by atoms with Crippen LogP contribution in [0.3, 0.4) is 0 Å². The molecule has 106 valence electrons. The number of carbonyl (C=O) groups excluding carboxylic acids is 1. The molecule has 0 amide bonds. The van der Waals surface area contributed by atoms with Crippen molar-refractivity contribution in [1.82, 2.24) is 10.2 Å². The minimum Gasteiger partial charge on any atom is -0.468 e. The third-order valence-corrected chi connectivity index (χ3v) is 3.84. The van der Waals surface area contributed by atoms with Crippen LogP contribution in [0, 0.1) is 0 Å². The molecule has 0 aromatic heterocycles. The van der Waals surface area contributed by atoms with Crippen molar-refractivity contribution in [3.63, 3.8) is 0 Å². The van der Waals surface area contributed by atoms with Crippen molar-refractivity contribution < 1.29 is 9.53 Å². The van der Waals surface area contributed by atoms with Crippen molar-refractivity contribution in [3.8, 4) is 0 Å². The highest BCUT2D eigenvalue weighted by atomic mass is 16.5. The van der Waals surface area contributed by atoms with Gasteiger partial charge in [0.15, 0.2) is 0 Å². The van der Waals surface area contributed by atoms with Crippen LogP contribution < -0.4 is 5.32 Å². The predicted molar refractivity (Wildman–Crippen MR) is 73.6 cm³/mol. The molecule has 18 heavy (non-hydrogen) atoms. The van der Waals surface area contributed by atoms with E-state index in [1.807, 2.05) is 0 Å². The van der Waals surface area contributed by atoms with E-state index < -0.39 is 5.54 Å². The second kappa shape index (κ2) is 7.74. The number of rotatable bonds is 6. The van der Waals surface area contributed by atoms with Crippen molar-refractivity contribution in [2.75, 3.05) is 33.3 Å². The zero-order valence-electron chi connectivity index (χ0n) is 12.1. The van der Waals surface area contributed by atoms with Crippen LogP contribution in [0.2, 0.25) is 0 Å². The second-order valence-corrected chi connectivity index (χ2v) is 5.11. The molecule has 1 N–H and O–H groups in total. The lowest BCUT2D eigenvalue weighted by atomic mass is 9.86. The average molecular weight is 256 g/mol. The summed E-state index contributed by atoms with van der Waals surface area (Å²) in [7, 11) is 1.51. The number of carbonyl (C=O) groups is 1. The summed E-state index contributed by atoms with van der Waals surface area (Å²) in [5, 5.41) is 3.40. The minimum absolute atomic E-state index is 0.0481. The first-order chi connectivity index (χ1) is 8.71. The Hall–Kier alpha value is -0.610. The third kappa shape index (κ3) is 3.45. The highest BCUT2D eigenvalue weighted by Gasteiger charge is 2.43. The first kappa shape index (κ1) is 15.4. The molecule has 0 aromatic rings. The zero-order chi connectivity index (χ0) is 13.4. The molecule has 0 spiro atoms. The fourth-order valence-corrected chi connectivity index (χ4v) is 3.07. The quantitative estimate of drug-likeness (QED) is 0.736. The molecule has 0 unspecified atom stereocenters.